The molecule has 0 aromatic carbocycles. The molecule has 5 saturated heterocycles. The van der Waals surface area contributed by atoms with Crippen LogP contribution in [0.5, 0.6) is 0 Å². The molecule has 0 radical (unpaired) electrons. The van der Waals surface area contributed by atoms with Gasteiger partial charge in [-0.2, -0.15) is 5.01 Å². The number of primary amides is 1. The molecule has 0 aromatic rings. The zero-order valence-corrected chi connectivity index (χ0v) is 26.3. The molecule has 0 spiro atoms. The van der Waals surface area contributed by atoms with Crippen molar-refractivity contribution in [1.29, 1.82) is 0 Å². The average molecular weight is 642 g/mol. The lowest BCUT2D eigenvalue weighted by atomic mass is 9.90. The van der Waals surface area contributed by atoms with E-state index in [0.29, 0.717) is 43.1 Å². The van der Waals surface area contributed by atoms with Crippen LogP contribution >= 0.6 is 35.5 Å². The fourth-order valence-corrected chi connectivity index (χ4v) is 12.5. The van der Waals surface area contributed by atoms with Crippen LogP contribution in [0, 0.1) is 11.8 Å². The molecule has 6 heterocycles. The molecule has 42 heavy (non-hydrogen) atoms. The number of thioether (sulfide) groups is 2. The molecule has 6 fully saturated rings. The summed E-state index contributed by atoms with van der Waals surface area (Å²) in [5, 5.41) is 18.5. The first-order valence-corrected chi connectivity index (χ1v) is 18.2. The molecule has 234 valence electrons. The van der Waals surface area contributed by atoms with Gasteiger partial charge < -0.3 is 21.1 Å². The lowest BCUT2D eigenvalue weighted by Gasteiger charge is -2.48. The first-order chi connectivity index (χ1) is 20.5. The predicted molar refractivity (Wildman–Crippen MR) is 165 cm³/mol. The number of nitrogens with zero attached hydrogens (tertiary/aromatic N) is 2. The van der Waals surface area contributed by atoms with Gasteiger partial charge in [-0.1, -0.05) is 18.4 Å². The third-order valence-electron chi connectivity index (χ3n) is 9.80. The van der Waals surface area contributed by atoms with E-state index in [-0.39, 0.29) is 47.0 Å². The molecule has 11 atom stereocenters. The largest absolute Gasteiger partial charge is 0.378 e. The highest BCUT2D eigenvalue weighted by Crippen LogP contribution is 2.51. The smallest absolute Gasteiger partial charge is 0.226 e. The van der Waals surface area contributed by atoms with E-state index < -0.39 is 5.92 Å². The molecule has 0 bridgehead atoms. The molecule has 0 aromatic heterocycles. The highest BCUT2D eigenvalue weighted by atomic mass is 32.2. The van der Waals surface area contributed by atoms with Crippen molar-refractivity contribution in [3.8, 4) is 0 Å². The number of amides is 1. The van der Waals surface area contributed by atoms with Crippen molar-refractivity contribution in [3.05, 3.63) is 11.1 Å². The minimum Gasteiger partial charge on any atom is -0.378 e. The van der Waals surface area contributed by atoms with Crippen molar-refractivity contribution in [2.45, 2.75) is 84.7 Å². The van der Waals surface area contributed by atoms with Gasteiger partial charge in [0.15, 0.2) is 5.78 Å². The summed E-state index contributed by atoms with van der Waals surface area (Å²) >= 11 is 5.49. The van der Waals surface area contributed by atoms with Crippen LogP contribution in [0.15, 0.2) is 11.1 Å². The molecule has 16 heteroatoms. The van der Waals surface area contributed by atoms with Gasteiger partial charge in [0.25, 0.3) is 0 Å². The van der Waals surface area contributed by atoms with Gasteiger partial charge in [0, 0.05) is 36.1 Å². The van der Waals surface area contributed by atoms with E-state index in [4.69, 9.17) is 10.5 Å². The Labute approximate surface area is 260 Å². The number of nitrogens with two attached hydrogens (primary N) is 1. The van der Waals surface area contributed by atoms with Crippen LogP contribution in [0.2, 0.25) is 0 Å². The predicted octanol–water partition coefficient (Wildman–Crippen LogP) is -2.35. The Morgan fingerprint density at radius 1 is 1.19 bits per heavy atom. The Hall–Kier alpha value is -0.630. The summed E-state index contributed by atoms with van der Waals surface area (Å²) in [5.74, 6) is 0.860. The molecule has 11 N–H and O–H groups in total. The number of carbonyl (C=O) groups excluding carboxylic acids is 2. The molecule has 13 nitrogen and oxygen atoms in total. The number of nitrogens with one attached hydrogen (secondary N) is 6. The van der Waals surface area contributed by atoms with Gasteiger partial charge in [-0.3, -0.25) is 30.9 Å². The first-order valence-electron chi connectivity index (χ1n) is 15.4. The molecule has 1 amide bonds. The molecule has 1 saturated carbocycles. The third-order valence-corrected chi connectivity index (χ3v) is 14.2. The summed E-state index contributed by atoms with van der Waals surface area (Å²) in [6.45, 7) is 3.70. The monoisotopic (exact) mass is 641 g/mol. The van der Waals surface area contributed by atoms with Gasteiger partial charge in [0.05, 0.1) is 66.7 Å². The maximum absolute atomic E-state index is 13.1. The van der Waals surface area contributed by atoms with Crippen molar-refractivity contribution >= 4 is 47.2 Å². The Bertz CT molecular complexity index is 1050. The van der Waals surface area contributed by atoms with Crippen molar-refractivity contribution < 1.29 is 20.1 Å². The van der Waals surface area contributed by atoms with Gasteiger partial charge in [-0.15, -0.1) is 23.5 Å². The summed E-state index contributed by atoms with van der Waals surface area (Å²) in [6.07, 6.45) is 6.76. The van der Waals surface area contributed by atoms with Crippen LogP contribution in [0.3, 0.4) is 0 Å². The van der Waals surface area contributed by atoms with E-state index in [0.717, 1.165) is 43.1 Å². The van der Waals surface area contributed by atoms with Gasteiger partial charge in [0.2, 0.25) is 5.91 Å². The number of allylic oxidation sites excluding steroid dienone is 1. The van der Waals surface area contributed by atoms with E-state index in [1.165, 1.54) is 12.8 Å². The molecular formula is C26H45N10O3S3+. The normalized spacial score (nSPS) is 44.6. The minimum atomic E-state index is -0.468. The molecule has 7 aliphatic rings. The maximum atomic E-state index is 13.1. The molecular weight excluding hydrogens is 597 g/mol. The van der Waals surface area contributed by atoms with Crippen LogP contribution in [-0.2, 0) is 14.3 Å². The van der Waals surface area contributed by atoms with E-state index in [1.807, 2.05) is 29.6 Å². The van der Waals surface area contributed by atoms with Crippen molar-refractivity contribution in [2.75, 3.05) is 38.7 Å². The van der Waals surface area contributed by atoms with Crippen LogP contribution in [-0.4, -0.2) is 113 Å². The molecule has 9 unspecified atom stereocenters. The number of quaternary nitrogens is 1. The number of ether oxygens (including phenoxy) is 1. The van der Waals surface area contributed by atoms with Crippen molar-refractivity contribution in [2.24, 2.45) is 17.6 Å². The fourth-order valence-electron chi connectivity index (χ4n) is 7.50. The van der Waals surface area contributed by atoms with Crippen molar-refractivity contribution in [3.63, 3.8) is 0 Å². The van der Waals surface area contributed by atoms with Gasteiger partial charge in [-0.25, -0.2) is 10.1 Å². The molecule has 6 aliphatic heterocycles. The summed E-state index contributed by atoms with van der Waals surface area (Å²) in [5.41, 5.74) is 13.8. The highest BCUT2D eigenvalue weighted by molar-refractivity contribution is 8.07. The average Bonchev–Trinajstić information content (AvgIpc) is 3.75. The lowest BCUT2D eigenvalue weighted by Crippen LogP contribution is -2.79. The van der Waals surface area contributed by atoms with Gasteiger partial charge in [0.1, 0.15) is 6.29 Å². The van der Waals surface area contributed by atoms with Crippen LogP contribution in [0.1, 0.15) is 32.1 Å². The van der Waals surface area contributed by atoms with E-state index >= 15 is 0 Å². The maximum Gasteiger partial charge on any atom is 0.226 e. The van der Waals surface area contributed by atoms with Gasteiger partial charge >= 0.3 is 0 Å². The van der Waals surface area contributed by atoms with E-state index in [2.05, 4.69) is 47.1 Å². The second kappa shape index (κ2) is 13.0. The van der Waals surface area contributed by atoms with Gasteiger partial charge in [-0.05, 0) is 30.9 Å². The zero-order valence-electron chi connectivity index (χ0n) is 23.8. The SMILES string of the molecule is NC(=O)C1C(NC2CC(C3CSC4C(=O)C=C(N5CCOCC5)SC43)SN2)NC(N[C@H]2CCCC[C@H]2[NH3+])N2NCNC12. The summed E-state index contributed by atoms with van der Waals surface area (Å²) in [6, 6.07) is 0.675. The number of hydrogen-bond acceptors (Lipinski definition) is 14. The quantitative estimate of drug-likeness (QED) is 0.139. The standard InChI is InChI=1S/C26H44N10O3S3/c27-14-3-1-2-4-15(14)31-26-33-24(20(23(28)38)25-29-12-30-36(25)26)32-18-10-17(42-34-18)13-11-40-22-16(37)9-19(41-21(13)22)35-5-7-39-8-6-35/h9,13-15,17-18,20-22,24-26,29-34H,1-8,10-12,27H2,(H2,28,38)/p+1/t13?,14-,15+,17?,18?,20?,21?,22?,24?,25?,26?/m1/s1. The number of hydrogen-bond donors (Lipinski definition) is 8. The number of rotatable bonds is 7. The Balaban J connectivity index is 1.01. The summed E-state index contributed by atoms with van der Waals surface area (Å²) in [7, 11) is 0. The lowest BCUT2D eigenvalue weighted by molar-refractivity contribution is -0.431. The van der Waals surface area contributed by atoms with Crippen molar-refractivity contribution in [1.82, 2.24) is 41.3 Å². The molecule has 1 aliphatic carbocycles. The highest BCUT2D eigenvalue weighted by Gasteiger charge is 2.52. The Morgan fingerprint density at radius 3 is 2.83 bits per heavy atom. The number of morpholine rings is 1. The summed E-state index contributed by atoms with van der Waals surface area (Å²) in [4.78, 5) is 28.2. The fraction of sp³-hybridized carbons (Fsp3) is 0.846. The topological polar surface area (TPSA) is 176 Å². The minimum absolute atomic E-state index is 0.0128. The third kappa shape index (κ3) is 5.99. The second-order valence-corrected chi connectivity index (χ2v) is 15.8. The molecule has 7 rings (SSSR count). The van der Waals surface area contributed by atoms with E-state index in [1.54, 1.807) is 11.9 Å². The summed E-state index contributed by atoms with van der Waals surface area (Å²) < 4.78 is 9.16. The second-order valence-electron chi connectivity index (χ2n) is 12.4. The number of hydrazine groups is 1. The van der Waals surface area contributed by atoms with Crippen LogP contribution < -0.4 is 42.9 Å². The zero-order chi connectivity index (χ0) is 28.8. The Morgan fingerprint density at radius 2 is 2.02 bits per heavy atom. The number of ketones is 1. The number of fused-ring (bicyclic) bond motifs is 2. The first kappa shape index (κ1) is 30.0. The van der Waals surface area contributed by atoms with Crippen LogP contribution in [0.25, 0.3) is 0 Å². The number of carbonyl (C=O) groups is 2. The Kier molecular flexibility index (Phi) is 9.30. The van der Waals surface area contributed by atoms with Crippen LogP contribution in [0.4, 0.5) is 0 Å². The van der Waals surface area contributed by atoms with E-state index in [9.17, 15) is 9.59 Å².